The van der Waals surface area contributed by atoms with E-state index in [0.29, 0.717) is 5.92 Å². The first kappa shape index (κ1) is 11.5. The van der Waals surface area contributed by atoms with Crippen LogP contribution in [0, 0.1) is 5.92 Å². The van der Waals surface area contributed by atoms with Gasteiger partial charge in [-0.2, -0.15) is 0 Å². The van der Waals surface area contributed by atoms with Crippen LogP contribution in [0.3, 0.4) is 0 Å². The maximum Gasteiger partial charge on any atom is 0.236 e. The Morgan fingerprint density at radius 1 is 1.71 bits per heavy atom. The Morgan fingerprint density at radius 2 is 2.43 bits per heavy atom. The molecule has 0 aromatic carbocycles. The average molecular weight is 200 g/mol. The zero-order chi connectivity index (χ0) is 10.6. The molecular weight excluding hydrogens is 180 g/mol. The quantitative estimate of drug-likeness (QED) is 0.665. The number of hydrogen-bond donors (Lipinski definition) is 2. The van der Waals surface area contributed by atoms with Crippen LogP contribution in [0.15, 0.2) is 0 Å². The summed E-state index contributed by atoms with van der Waals surface area (Å²) in [6.45, 7) is 3.95. The van der Waals surface area contributed by atoms with Gasteiger partial charge in [0.15, 0.2) is 0 Å². The van der Waals surface area contributed by atoms with Gasteiger partial charge in [-0.25, -0.2) is 0 Å². The number of amides is 1. The van der Waals surface area contributed by atoms with E-state index in [9.17, 15) is 4.79 Å². The molecule has 2 atom stereocenters. The average Bonchev–Trinajstić information content (AvgIpc) is 2.27. The second-order valence-electron chi connectivity index (χ2n) is 3.98. The highest BCUT2D eigenvalue weighted by Crippen LogP contribution is 2.17. The van der Waals surface area contributed by atoms with Crippen molar-refractivity contribution in [1.29, 1.82) is 0 Å². The third-order valence-electron chi connectivity index (χ3n) is 2.98. The number of aliphatic hydroxyl groups is 1. The molecule has 2 unspecified atom stereocenters. The van der Waals surface area contributed by atoms with Crippen LogP contribution in [0.4, 0.5) is 0 Å². The molecule has 1 amide bonds. The number of likely N-dealkylation sites (N-methyl/N-ethyl adjacent to an activating group) is 1. The standard InChI is InChI=1S/C10H20N2O2/c1-8(10(14)11-2)12-5-3-4-9(6-12)7-13/h8-9,13H,3-7H2,1-2H3,(H,11,14). The molecule has 0 spiro atoms. The molecule has 14 heavy (non-hydrogen) atoms. The van der Waals surface area contributed by atoms with Gasteiger partial charge in [0, 0.05) is 20.2 Å². The molecule has 0 aliphatic carbocycles. The summed E-state index contributed by atoms with van der Waals surface area (Å²) in [7, 11) is 1.66. The topological polar surface area (TPSA) is 52.6 Å². The second kappa shape index (κ2) is 5.32. The number of rotatable bonds is 3. The lowest BCUT2D eigenvalue weighted by Crippen LogP contribution is -2.48. The van der Waals surface area contributed by atoms with Crippen molar-refractivity contribution >= 4 is 5.91 Å². The van der Waals surface area contributed by atoms with Crippen LogP contribution >= 0.6 is 0 Å². The normalized spacial score (nSPS) is 25.8. The molecule has 0 radical (unpaired) electrons. The Morgan fingerprint density at radius 3 is 3.00 bits per heavy atom. The van der Waals surface area contributed by atoms with E-state index >= 15 is 0 Å². The molecule has 0 saturated carbocycles. The summed E-state index contributed by atoms with van der Waals surface area (Å²) in [6.07, 6.45) is 2.15. The first-order valence-corrected chi connectivity index (χ1v) is 5.25. The first-order chi connectivity index (χ1) is 6.69. The minimum atomic E-state index is -0.0747. The monoisotopic (exact) mass is 200 g/mol. The van der Waals surface area contributed by atoms with Gasteiger partial charge in [-0.1, -0.05) is 0 Å². The van der Waals surface area contributed by atoms with Crippen molar-refractivity contribution in [2.45, 2.75) is 25.8 Å². The Kier molecular flexibility index (Phi) is 4.35. The zero-order valence-electron chi connectivity index (χ0n) is 8.99. The molecule has 0 bridgehead atoms. The molecule has 1 heterocycles. The number of hydrogen-bond acceptors (Lipinski definition) is 3. The summed E-state index contributed by atoms with van der Waals surface area (Å²) in [5.41, 5.74) is 0. The number of aliphatic hydroxyl groups excluding tert-OH is 1. The largest absolute Gasteiger partial charge is 0.396 e. The molecule has 1 rings (SSSR count). The van der Waals surface area contributed by atoms with Crippen molar-refractivity contribution in [3.8, 4) is 0 Å². The maximum atomic E-state index is 11.4. The van der Waals surface area contributed by atoms with Crippen molar-refractivity contribution in [2.24, 2.45) is 5.92 Å². The molecule has 1 fully saturated rings. The van der Waals surface area contributed by atoms with Gasteiger partial charge in [-0.3, -0.25) is 9.69 Å². The molecule has 0 aromatic rings. The first-order valence-electron chi connectivity index (χ1n) is 5.25. The second-order valence-corrected chi connectivity index (χ2v) is 3.98. The van der Waals surface area contributed by atoms with Crippen LogP contribution in [0.1, 0.15) is 19.8 Å². The van der Waals surface area contributed by atoms with E-state index in [2.05, 4.69) is 10.2 Å². The van der Waals surface area contributed by atoms with Crippen LogP contribution in [0.2, 0.25) is 0 Å². The fourth-order valence-electron chi connectivity index (χ4n) is 1.97. The third-order valence-corrected chi connectivity index (χ3v) is 2.98. The number of nitrogens with one attached hydrogen (secondary N) is 1. The predicted octanol–water partition coefficient (Wildman–Crippen LogP) is -0.175. The van der Waals surface area contributed by atoms with Gasteiger partial charge >= 0.3 is 0 Å². The smallest absolute Gasteiger partial charge is 0.236 e. The zero-order valence-corrected chi connectivity index (χ0v) is 8.99. The molecule has 82 valence electrons. The third kappa shape index (κ3) is 2.69. The fraction of sp³-hybridized carbons (Fsp3) is 0.900. The van der Waals surface area contributed by atoms with Crippen LogP contribution in [-0.4, -0.2) is 48.7 Å². The van der Waals surface area contributed by atoms with E-state index < -0.39 is 0 Å². The van der Waals surface area contributed by atoms with Crippen LogP contribution in [0.25, 0.3) is 0 Å². The van der Waals surface area contributed by atoms with E-state index in [4.69, 9.17) is 5.11 Å². The minimum absolute atomic E-state index is 0.0589. The van der Waals surface area contributed by atoms with Gasteiger partial charge in [0.25, 0.3) is 0 Å². The van der Waals surface area contributed by atoms with Gasteiger partial charge < -0.3 is 10.4 Å². The van der Waals surface area contributed by atoms with Crippen LogP contribution in [0.5, 0.6) is 0 Å². The van der Waals surface area contributed by atoms with E-state index in [0.717, 1.165) is 25.9 Å². The molecular formula is C10H20N2O2. The van der Waals surface area contributed by atoms with Gasteiger partial charge in [0.05, 0.1) is 6.04 Å². The molecule has 4 heteroatoms. The SMILES string of the molecule is CNC(=O)C(C)N1CCCC(CO)C1. The molecule has 0 aromatic heterocycles. The molecule has 1 aliphatic heterocycles. The van der Waals surface area contributed by atoms with Crippen molar-refractivity contribution in [3.63, 3.8) is 0 Å². The van der Waals surface area contributed by atoms with Crippen molar-refractivity contribution < 1.29 is 9.90 Å². The van der Waals surface area contributed by atoms with E-state index in [-0.39, 0.29) is 18.6 Å². The number of nitrogens with zero attached hydrogens (tertiary/aromatic N) is 1. The van der Waals surface area contributed by atoms with Gasteiger partial charge in [-0.05, 0) is 32.2 Å². The Hall–Kier alpha value is -0.610. The van der Waals surface area contributed by atoms with Crippen molar-refractivity contribution in [1.82, 2.24) is 10.2 Å². The number of carbonyl (C=O) groups is 1. The number of piperidine rings is 1. The van der Waals surface area contributed by atoms with Gasteiger partial charge in [0.2, 0.25) is 5.91 Å². The highest BCUT2D eigenvalue weighted by molar-refractivity contribution is 5.80. The lowest BCUT2D eigenvalue weighted by atomic mass is 9.98. The fourth-order valence-corrected chi connectivity index (χ4v) is 1.97. The number of carbonyl (C=O) groups excluding carboxylic acids is 1. The lowest BCUT2D eigenvalue weighted by Gasteiger charge is -2.35. The molecule has 1 aliphatic rings. The van der Waals surface area contributed by atoms with Crippen LogP contribution in [-0.2, 0) is 4.79 Å². The number of likely N-dealkylation sites (tertiary alicyclic amines) is 1. The lowest BCUT2D eigenvalue weighted by molar-refractivity contribution is -0.126. The Balaban J connectivity index is 2.46. The minimum Gasteiger partial charge on any atom is -0.396 e. The van der Waals surface area contributed by atoms with Gasteiger partial charge in [0.1, 0.15) is 0 Å². The summed E-state index contributed by atoms with van der Waals surface area (Å²) < 4.78 is 0. The predicted molar refractivity (Wildman–Crippen MR) is 54.9 cm³/mol. The summed E-state index contributed by atoms with van der Waals surface area (Å²) in [5.74, 6) is 0.402. The summed E-state index contributed by atoms with van der Waals surface area (Å²) in [6, 6.07) is -0.0747. The molecule has 4 nitrogen and oxygen atoms in total. The Bertz CT molecular complexity index is 197. The van der Waals surface area contributed by atoms with Crippen molar-refractivity contribution in [2.75, 3.05) is 26.7 Å². The summed E-state index contributed by atoms with van der Waals surface area (Å²) in [4.78, 5) is 13.5. The highest BCUT2D eigenvalue weighted by Gasteiger charge is 2.26. The highest BCUT2D eigenvalue weighted by atomic mass is 16.3. The molecule has 1 saturated heterocycles. The maximum absolute atomic E-state index is 11.4. The van der Waals surface area contributed by atoms with E-state index in [1.165, 1.54) is 0 Å². The summed E-state index contributed by atoms with van der Waals surface area (Å²) in [5, 5.41) is 11.7. The van der Waals surface area contributed by atoms with Crippen LogP contribution < -0.4 is 5.32 Å². The van der Waals surface area contributed by atoms with E-state index in [1.807, 2.05) is 6.92 Å². The molecule has 2 N–H and O–H groups in total. The van der Waals surface area contributed by atoms with Gasteiger partial charge in [-0.15, -0.1) is 0 Å². The van der Waals surface area contributed by atoms with E-state index in [1.54, 1.807) is 7.05 Å². The van der Waals surface area contributed by atoms with Crippen molar-refractivity contribution in [3.05, 3.63) is 0 Å². The Labute approximate surface area is 85.3 Å². The summed E-state index contributed by atoms with van der Waals surface area (Å²) >= 11 is 0.